The first-order valence-electron chi connectivity index (χ1n) is 4.84. The van der Waals surface area contributed by atoms with Crippen molar-refractivity contribution in [1.29, 1.82) is 0 Å². The summed E-state index contributed by atoms with van der Waals surface area (Å²) in [6.45, 7) is 6.12. The van der Waals surface area contributed by atoms with Crippen molar-refractivity contribution in [3.8, 4) is 0 Å². The summed E-state index contributed by atoms with van der Waals surface area (Å²) in [4.78, 5) is 0. The van der Waals surface area contributed by atoms with Crippen LogP contribution >= 0.6 is 0 Å². The second-order valence-corrected chi connectivity index (χ2v) is 4.18. The van der Waals surface area contributed by atoms with E-state index in [2.05, 4.69) is 19.6 Å². The molecule has 0 unspecified atom stereocenters. The van der Waals surface area contributed by atoms with Crippen LogP contribution in [0.25, 0.3) is 0 Å². The molecule has 1 rings (SSSR count). The van der Waals surface area contributed by atoms with E-state index in [1.807, 2.05) is 0 Å². The normalized spacial score (nSPS) is 25.5. The van der Waals surface area contributed by atoms with Gasteiger partial charge in [-0.15, -0.1) is 6.58 Å². The van der Waals surface area contributed by atoms with Crippen LogP contribution in [0.4, 0.5) is 0 Å². The number of hydrogen-bond acceptors (Lipinski definition) is 2. The van der Waals surface area contributed by atoms with E-state index in [1.165, 1.54) is 0 Å². The third-order valence-electron chi connectivity index (χ3n) is 3.39. The predicted molar refractivity (Wildman–Crippen MR) is 53.5 cm³/mol. The van der Waals surface area contributed by atoms with Gasteiger partial charge in [-0.3, -0.25) is 0 Å². The summed E-state index contributed by atoms with van der Waals surface area (Å²) in [5, 5.41) is 0. The third-order valence-corrected chi connectivity index (χ3v) is 3.39. The van der Waals surface area contributed by atoms with E-state index in [1.54, 1.807) is 14.2 Å². The van der Waals surface area contributed by atoms with Crippen molar-refractivity contribution in [3.05, 3.63) is 12.7 Å². The van der Waals surface area contributed by atoms with E-state index >= 15 is 0 Å². The molecule has 0 bridgehead atoms. The van der Waals surface area contributed by atoms with Gasteiger partial charge in [0.1, 0.15) is 0 Å². The fraction of sp³-hybridized carbons (Fsp3) is 0.818. The van der Waals surface area contributed by atoms with E-state index in [0.29, 0.717) is 0 Å². The van der Waals surface area contributed by atoms with Crippen molar-refractivity contribution in [2.24, 2.45) is 5.41 Å². The molecule has 0 aliphatic heterocycles. The second-order valence-electron chi connectivity index (χ2n) is 4.18. The molecule has 0 amide bonds. The van der Waals surface area contributed by atoms with E-state index in [-0.39, 0.29) is 11.2 Å². The minimum atomic E-state index is -0.331. The first-order chi connectivity index (χ1) is 6.10. The zero-order chi connectivity index (χ0) is 9.95. The van der Waals surface area contributed by atoms with Crippen molar-refractivity contribution in [2.45, 2.75) is 38.4 Å². The molecule has 0 aromatic carbocycles. The number of methoxy groups -OCH3 is 2. The summed E-state index contributed by atoms with van der Waals surface area (Å²) in [7, 11) is 3.44. The molecular weight excluding hydrogens is 164 g/mol. The van der Waals surface area contributed by atoms with E-state index in [9.17, 15) is 0 Å². The lowest BCUT2D eigenvalue weighted by Crippen LogP contribution is -2.40. The molecular formula is C11H20O2. The highest BCUT2D eigenvalue weighted by Crippen LogP contribution is 2.42. The van der Waals surface area contributed by atoms with Gasteiger partial charge in [-0.25, -0.2) is 0 Å². The Balaban J connectivity index is 2.59. The Hall–Kier alpha value is -0.340. The maximum Gasteiger partial charge on any atom is 0.167 e. The monoisotopic (exact) mass is 184 g/mol. The van der Waals surface area contributed by atoms with Gasteiger partial charge in [0.05, 0.1) is 0 Å². The van der Waals surface area contributed by atoms with Crippen LogP contribution in [0.1, 0.15) is 32.6 Å². The third kappa shape index (κ3) is 2.12. The van der Waals surface area contributed by atoms with Crippen LogP contribution < -0.4 is 0 Å². The molecule has 76 valence electrons. The number of rotatable bonds is 3. The highest BCUT2D eigenvalue weighted by Gasteiger charge is 2.39. The van der Waals surface area contributed by atoms with Crippen molar-refractivity contribution in [2.75, 3.05) is 14.2 Å². The summed E-state index contributed by atoms with van der Waals surface area (Å²) < 4.78 is 10.8. The van der Waals surface area contributed by atoms with Crippen molar-refractivity contribution in [1.82, 2.24) is 0 Å². The number of ether oxygens (including phenoxy) is 2. The zero-order valence-electron chi connectivity index (χ0n) is 8.93. The van der Waals surface area contributed by atoms with Gasteiger partial charge in [0, 0.05) is 27.1 Å². The smallest absolute Gasteiger partial charge is 0.167 e. The highest BCUT2D eigenvalue weighted by molar-refractivity contribution is 4.97. The first-order valence-corrected chi connectivity index (χ1v) is 4.84. The molecule has 0 radical (unpaired) electrons. The van der Waals surface area contributed by atoms with Crippen LogP contribution in [-0.4, -0.2) is 20.0 Å². The molecule has 1 aliphatic carbocycles. The first kappa shape index (κ1) is 10.7. The maximum absolute atomic E-state index is 5.41. The number of hydrogen-bond donors (Lipinski definition) is 0. The minimum Gasteiger partial charge on any atom is -0.353 e. The summed E-state index contributed by atoms with van der Waals surface area (Å²) in [5.41, 5.74) is 0.278. The molecule has 0 aromatic heterocycles. The quantitative estimate of drug-likeness (QED) is 0.496. The zero-order valence-corrected chi connectivity index (χ0v) is 8.93. The molecule has 0 spiro atoms. The Morgan fingerprint density at radius 2 is 1.54 bits per heavy atom. The molecule has 2 heteroatoms. The predicted octanol–water partition coefficient (Wildman–Crippen LogP) is 2.74. The SMILES string of the molecule is C=CC1(C)CCC(OC)(OC)CC1. The lowest BCUT2D eigenvalue weighted by Gasteiger charge is -2.41. The summed E-state index contributed by atoms with van der Waals surface area (Å²) in [6.07, 6.45) is 6.17. The topological polar surface area (TPSA) is 18.5 Å². The van der Waals surface area contributed by atoms with Gasteiger partial charge in [0.25, 0.3) is 0 Å². The van der Waals surface area contributed by atoms with Crippen LogP contribution in [0, 0.1) is 5.41 Å². The Morgan fingerprint density at radius 1 is 1.08 bits per heavy atom. The van der Waals surface area contributed by atoms with Crippen molar-refractivity contribution in [3.63, 3.8) is 0 Å². The molecule has 2 nitrogen and oxygen atoms in total. The summed E-state index contributed by atoms with van der Waals surface area (Å²) >= 11 is 0. The fourth-order valence-corrected chi connectivity index (χ4v) is 1.90. The van der Waals surface area contributed by atoms with Gasteiger partial charge in [-0.2, -0.15) is 0 Å². The van der Waals surface area contributed by atoms with Crippen molar-refractivity contribution >= 4 is 0 Å². The van der Waals surface area contributed by atoms with Gasteiger partial charge < -0.3 is 9.47 Å². The molecule has 1 aliphatic rings. The van der Waals surface area contributed by atoms with Crippen LogP contribution in [-0.2, 0) is 9.47 Å². The molecule has 0 N–H and O–H groups in total. The van der Waals surface area contributed by atoms with Crippen molar-refractivity contribution < 1.29 is 9.47 Å². The molecule has 1 saturated carbocycles. The van der Waals surface area contributed by atoms with Gasteiger partial charge in [-0.05, 0) is 18.3 Å². The Morgan fingerprint density at radius 3 is 1.85 bits per heavy atom. The minimum absolute atomic E-state index is 0.278. The molecule has 0 heterocycles. The molecule has 1 fully saturated rings. The molecule has 0 atom stereocenters. The highest BCUT2D eigenvalue weighted by atomic mass is 16.7. The van der Waals surface area contributed by atoms with Crippen LogP contribution in [0.15, 0.2) is 12.7 Å². The summed E-state index contributed by atoms with van der Waals surface area (Å²) in [6, 6.07) is 0. The lowest BCUT2D eigenvalue weighted by atomic mass is 9.73. The molecule has 0 aromatic rings. The largest absolute Gasteiger partial charge is 0.353 e. The van der Waals surface area contributed by atoms with Gasteiger partial charge in [-0.1, -0.05) is 13.0 Å². The number of allylic oxidation sites excluding steroid dienone is 1. The average Bonchev–Trinajstić information content (AvgIpc) is 2.20. The summed E-state index contributed by atoms with van der Waals surface area (Å²) in [5.74, 6) is -0.331. The molecule has 13 heavy (non-hydrogen) atoms. The maximum atomic E-state index is 5.41. The standard InChI is InChI=1S/C11H20O2/c1-5-10(2)6-8-11(12-3,13-4)9-7-10/h5H,1,6-9H2,2-4H3. The fourth-order valence-electron chi connectivity index (χ4n) is 1.90. The van der Waals surface area contributed by atoms with Crippen LogP contribution in [0.2, 0.25) is 0 Å². The van der Waals surface area contributed by atoms with Gasteiger partial charge in [0.2, 0.25) is 0 Å². The Kier molecular flexibility index (Phi) is 3.14. The van der Waals surface area contributed by atoms with Gasteiger partial charge in [0.15, 0.2) is 5.79 Å². The van der Waals surface area contributed by atoms with E-state index < -0.39 is 0 Å². The molecule has 0 saturated heterocycles. The average molecular weight is 184 g/mol. The van der Waals surface area contributed by atoms with Crippen LogP contribution in [0.3, 0.4) is 0 Å². The lowest BCUT2D eigenvalue weighted by molar-refractivity contribution is -0.230. The Labute approximate surface area is 80.9 Å². The second kappa shape index (κ2) is 3.81. The van der Waals surface area contributed by atoms with Crippen LogP contribution in [0.5, 0.6) is 0 Å². The van der Waals surface area contributed by atoms with E-state index in [4.69, 9.17) is 9.47 Å². The Bertz CT molecular complexity index is 173. The van der Waals surface area contributed by atoms with E-state index in [0.717, 1.165) is 25.7 Å². The van der Waals surface area contributed by atoms with Gasteiger partial charge >= 0.3 is 0 Å².